The van der Waals surface area contributed by atoms with Gasteiger partial charge in [0.05, 0.1) is 35.0 Å². The third-order valence-corrected chi connectivity index (χ3v) is 6.39. The van der Waals surface area contributed by atoms with Crippen LogP contribution in [0.4, 0.5) is 0 Å². The Morgan fingerprint density at radius 2 is 1.98 bits per heavy atom. The van der Waals surface area contributed by atoms with Gasteiger partial charge in [-0.1, -0.05) is 29.8 Å². The number of esters is 1. The first-order valence-electron chi connectivity index (χ1n) is 12.3. The molecule has 11 nitrogen and oxygen atoms in total. The highest BCUT2D eigenvalue weighted by Crippen LogP contribution is 2.33. The number of allylic oxidation sites excluding steroid dienone is 1. The Kier molecular flexibility index (Phi) is 9.37. The smallest absolute Gasteiger partial charge is 0.338 e. The summed E-state index contributed by atoms with van der Waals surface area (Å²) >= 11 is 11.2. The topological polar surface area (TPSA) is 151 Å². The maximum absolute atomic E-state index is 12.7. The molecule has 0 fully saturated rings. The van der Waals surface area contributed by atoms with Crippen molar-refractivity contribution in [2.24, 2.45) is 5.10 Å². The van der Waals surface area contributed by atoms with Crippen LogP contribution in [-0.2, 0) is 14.3 Å². The average Bonchev–Trinajstić information content (AvgIpc) is 3.40. The summed E-state index contributed by atoms with van der Waals surface area (Å²) in [5.41, 5.74) is 4.32. The van der Waals surface area contributed by atoms with E-state index in [1.807, 2.05) is 0 Å². The maximum Gasteiger partial charge on any atom is 0.338 e. The van der Waals surface area contributed by atoms with Crippen LogP contribution in [0.25, 0.3) is 11.3 Å². The molecular weight excluding hydrogens is 572 g/mol. The van der Waals surface area contributed by atoms with Crippen LogP contribution in [0, 0.1) is 0 Å². The highest BCUT2D eigenvalue weighted by molar-refractivity contribution is 7.80. The summed E-state index contributed by atoms with van der Waals surface area (Å²) in [6.45, 7) is 3.29. The van der Waals surface area contributed by atoms with E-state index in [1.165, 1.54) is 18.3 Å². The number of ether oxygens (including phenoxy) is 2. The number of carbonyl (C=O) groups excluding carboxylic acids is 2. The number of aromatic carboxylic acids is 1. The quantitative estimate of drug-likeness (QED) is 0.116. The van der Waals surface area contributed by atoms with Crippen molar-refractivity contribution in [1.82, 2.24) is 16.1 Å². The van der Waals surface area contributed by atoms with Crippen molar-refractivity contribution in [3.63, 3.8) is 0 Å². The molecular formula is C28H25ClN4O7S. The van der Waals surface area contributed by atoms with Crippen molar-refractivity contribution < 1.29 is 33.4 Å². The molecule has 4 N–H and O–H groups in total. The van der Waals surface area contributed by atoms with E-state index < -0.39 is 23.9 Å². The number of hydrazone groups is 1. The second-order valence-corrected chi connectivity index (χ2v) is 9.43. The maximum atomic E-state index is 12.7. The number of halogens is 1. The number of para-hydroxylation sites is 1. The van der Waals surface area contributed by atoms with Gasteiger partial charge in [-0.2, -0.15) is 5.10 Å². The molecule has 1 atom stereocenters. The minimum Gasteiger partial charge on any atom is -0.483 e. The van der Waals surface area contributed by atoms with Crippen molar-refractivity contribution in [2.45, 2.75) is 19.9 Å². The third-order valence-electron chi connectivity index (χ3n) is 5.84. The van der Waals surface area contributed by atoms with Crippen LogP contribution in [0.1, 0.15) is 41.6 Å². The van der Waals surface area contributed by atoms with Gasteiger partial charge in [-0.05, 0) is 62.5 Å². The van der Waals surface area contributed by atoms with E-state index in [2.05, 4.69) is 21.2 Å². The standard InChI is InChI=1S/C28H25ClN4O7S/c1-3-38-27(37)24-15(2)31-28(41)32-25(24)18-6-4-5-7-22(18)39-14-23(34)33-30-13-17-9-11-21(40-17)16-8-10-20(29)19(12-16)26(35)36/h4-13,25H,3,14H2,1-2H3,(H,33,34)(H,35,36)(H2,31,32,41)/t25-/m1/s1. The second kappa shape index (κ2) is 13.1. The Labute approximate surface area is 245 Å². The van der Waals surface area contributed by atoms with Gasteiger partial charge in [0.15, 0.2) is 11.7 Å². The summed E-state index contributed by atoms with van der Waals surface area (Å²) in [4.78, 5) is 36.5. The van der Waals surface area contributed by atoms with Gasteiger partial charge in [0.25, 0.3) is 5.91 Å². The van der Waals surface area contributed by atoms with E-state index in [1.54, 1.807) is 56.3 Å². The Morgan fingerprint density at radius 3 is 2.73 bits per heavy atom. The molecule has 13 heteroatoms. The summed E-state index contributed by atoms with van der Waals surface area (Å²) in [6, 6.07) is 14.1. The van der Waals surface area contributed by atoms with Gasteiger partial charge in [0.1, 0.15) is 17.3 Å². The molecule has 0 radical (unpaired) electrons. The zero-order valence-electron chi connectivity index (χ0n) is 21.9. The fourth-order valence-corrected chi connectivity index (χ4v) is 4.49. The number of amides is 1. The molecule has 0 bridgehead atoms. The van der Waals surface area contributed by atoms with E-state index in [-0.39, 0.29) is 23.8 Å². The number of nitrogens with one attached hydrogen (secondary N) is 3. The van der Waals surface area contributed by atoms with E-state index in [0.717, 1.165) is 0 Å². The van der Waals surface area contributed by atoms with Gasteiger partial charge in [0.2, 0.25) is 0 Å². The number of furan rings is 1. The minimum absolute atomic E-state index is 0.0495. The zero-order chi connectivity index (χ0) is 29.5. The first kappa shape index (κ1) is 29.3. The fraction of sp³-hybridized carbons (Fsp3) is 0.179. The molecule has 1 aliphatic rings. The molecule has 3 aromatic rings. The van der Waals surface area contributed by atoms with E-state index in [0.29, 0.717) is 44.8 Å². The van der Waals surface area contributed by atoms with Gasteiger partial charge >= 0.3 is 11.9 Å². The van der Waals surface area contributed by atoms with Crippen LogP contribution in [-0.4, -0.2) is 47.5 Å². The summed E-state index contributed by atoms with van der Waals surface area (Å²) in [5.74, 6) is -1.12. The third kappa shape index (κ3) is 7.10. The second-order valence-electron chi connectivity index (χ2n) is 8.61. The molecule has 0 saturated carbocycles. The molecule has 2 aromatic carbocycles. The molecule has 0 aliphatic carbocycles. The first-order valence-corrected chi connectivity index (χ1v) is 13.1. The summed E-state index contributed by atoms with van der Waals surface area (Å²) in [6.07, 6.45) is 1.29. The summed E-state index contributed by atoms with van der Waals surface area (Å²) in [5, 5.41) is 19.6. The Morgan fingerprint density at radius 1 is 1.20 bits per heavy atom. The summed E-state index contributed by atoms with van der Waals surface area (Å²) in [7, 11) is 0. The predicted molar refractivity (Wildman–Crippen MR) is 155 cm³/mol. The molecule has 1 amide bonds. The number of nitrogens with zero attached hydrogens (tertiary/aromatic N) is 1. The lowest BCUT2D eigenvalue weighted by Crippen LogP contribution is -2.45. The van der Waals surface area contributed by atoms with Gasteiger partial charge in [-0.3, -0.25) is 4.79 Å². The van der Waals surface area contributed by atoms with E-state index in [9.17, 15) is 19.5 Å². The van der Waals surface area contributed by atoms with E-state index >= 15 is 0 Å². The molecule has 1 aliphatic heterocycles. The molecule has 212 valence electrons. The van der Waals surface area contributed by atoms with Crippen molar-refractivity contribution in [2.75, 3.05) is 13.2 Å². The number of hydrogen-bond donors (Lipinski definition) is 4. The number of benzene rings is 2. The first-order chi connectivity index (χ1) is 19.7. The van der Waals surface area contributed by atoms with Crippen LogP contribution < -0.4 is 20.8 Å². The minimum atomic E-state index is -1.15. The molecule has 0 unspecified atom stereocenters. The number of hydrogen-bond acceptors (Lipinski definition) is 8. The van der Waals surface area contributed by atoms with Gasteiger partial charge in [-0.15, -0.1) is 0 Å². The number of carbonyl (C=O) groups is 3. The number of carboxylic acids is 1. The number of thiocarbonyl (C=S) groups is 1. The van der Waals surface area contributed by atoms with Crippen LogP contribution >= 0.6 is 23.8 Å². The molecule has 41 heavy (non-hydrogen) atoms. The lowest BCUT2D eigenvalue weighted by atomic mass is 9.95. The Hall–Kier alpha value is -4.68. The van der Waals surface area contributed by atoms with Gasteiger partial charge in [-0.25, -0.2) is 15.0 Å². The zero-order valence-corrected chi connectivity index (χ0v) is 23.5. The molecule has 2 heterocycles. The lowest BCUT2D eigenvalue weighted by Gasteiger charge is -2.30. The fourth-order valence-electron chi connectivity index (χ4n) is 4.02. The van der Waals surface area contributed by atoms with Crippen LogP contribution in [0.15, 0.2) is 75.4 Å². The molecule has 4 rings (SSSR count). The monoisotopic (exact) mass is 596 g/mol. The van der Waals surface area contributed by atoms with Crippen molar-refractivity contribution >= 4 is 53.0 Å². The van der Waals surface area contributed by atoms with Crippen LogP contribution in [0.2, 0.25) is 5.02 Å². The van der Waals surface area contributed by atoms with Crippen LogP contribution in [0.3, 0.4) is 0 Å². The highest BCUT2D eigenvalue weighted by Gasteiger charge is 2.32. The number of carboxylic acid groups (broad SMARTS) is 1. The molecule has 0 saturated heterocycles. The normalized spacial score (nSPS) is 14.8. The van der Waals surface area contributed by atoms with Crippen molar-refractivity contribution in [3.8, 4) is 17.1 Å². The van der Waals surface area contributed by atoms with Gasteiger partial charge in [0, 0.05) is 16.8 Å². The van der Waals surface area contributed by atoms with Gasteiger partial charge < -0.3 is 29.6 Å². The summed E-state index contributed by atoms with van der Waals surface area (Å²) < 4.78 is 16.7. The van der Waals surface area contributed by atoms with Crippen LogP contribution in [0.5, 0.6) is 5.75 Å². The molecule has 0 spiro atoms. The SMILES string of the molecule is CCOC(=O)C1=C(C)NC(=S)N[C@@H]1c1ccccc1OCC(=O)NN=Cc1ccc(-c2ccc(Cl)c(C(=O)O)c2)o1. The van der Waals surface area contributed by atoms with Crippen molar-refractivity contribution in [1.29, 1.82) is 0 Å². The largest absolute Gasteiger partial charge is 0.483 e. The molecule has 1 aromatic heterocycles. The Balaban J connectivity index is 1.40. The average molecular weight is 597 g/mol. The number of rotatable bonds is 10. The Bertz CT molecular complexity index is 1570. The highest BCUT2D eigenvalue weighted by atomic mass is 35.5. The van der Waals surface area contributed by atoms with Crippen molar-refractivity contribution in [3.05, 3.63) is 87.8 Å². The lowest BCUT2D eigenvalue weighted by molar-refractivity contribution is -0.139. The van der Waals surface area contributed by atoms with E-state index in [4.69, 9.17) is 37.7 Å². The predicted octanol–water partition coefficient (Wildman–Crippen LogP) is 4.18.